The molecule has 0 bridgehead atoms. The number of para-hydroxylation sites is 1. The van der Waals surface area contributed by atoms with Gasteiger partial charge in [0.1, 0.15) is 18.0 Å². The highest BCUT2D eigenvalue weighted by molar-refractivity contribution is 7.22. The Balaban J connectivity index is 1.46. The second-order valence-electron chi connectivity index (χ2n) is 11.5. The number of carbonyl (C=O) groups is 4. The first-order valence-corrected chi connectivity index (χ1v) is 16.1. The highest BCUT2D eigenvalue weighted by Crippen LogP contribution is 2.32. The van der Waals surface area contributed by atoms with Crippen molar-refractivity contribution in [2.75, 3.05) is 46.0 Å². The lowest BCUT2D eigenvalue weighted by atomic mass is 9.99. The van der Waals surface area contributed by atoms with E-state index in [9.17, 15) is 19.2 Å². The van der Waals surface area contributed by atoms with Crippen molar-refractivity contribution in [2.24, 2.45) is 0 Å². The first-order chi connectivity index (χ1) is 22.1. The van der Waals surface area contributed by atoms with Crippen molar-refractivity contribution in [2.45, 2.75) is 44.9 Å². The maximum atomic E-state index is 14.2. The van der Waals surface area contributed by atoms with Gasteiger partial charge >= 0.3 is 12.1 Å². The van der Waals surface area contributed by atoms with Crippen LogP contribution in [0.25, 0.3) is 10.2 Å². The van der Waals surface area contributed by atoms with Crippen LogP contribution < -0.4 is 15.8 Å². The quantitative estimate of drug-likeness (QED) is 0.238. The number of anilines is 1. The van der Waals surface area contributed by atoms with E-state index in [1.807, 2.05) is 25.1 Å². The number of aromatic nitrogens is 1. The molecule has 3 aromatic rings. The topological polar surface area (TPSA) is 145 Å². The number of thiazole rings is 1. The number of rotatable bonds is 11. The van der Waals surface area contributed by atoms with Crippen LogP contribution in [0, 0.1) is 0 Å². The third-order valence-electron chi connectivity index (χ3n) is 8.02. The lowest BCUT2D eigenvalue weighted by Gasteiger charge is -2.46. The number of ether oxygens (including phenoxy) is 1. The van der Waals surface area contributed by atoms with Crippen molar-refractivity contribution < 1.29 is 23.9 Å². The summed E-state index contributed by atoms with van der Waals surface area (Å²) in [6.07, 6.45) is 2.50. The Morgan fingerprint density at radius 2 is 1.96 bits per heavy atom. The lowest BCUT2D eigenvalue weighted by Crippen LogP contribution is -2.66. The zero-order valence-corrected chi connectivity index (χ0v) is 27.2. The van der Waals surface area contributed by atoms with Gasteiger partial charge in [-0.15, -0.1) is 6.58 Å². The Bertz CT molecular complexity index is 1610. The summed E-state index contributed by atoms with van der Waals surface area (Å²) in [7, 11) is 3.19. The van der Waals surface area contributed by atoms with Crippen molar-refractivity contribution in [3.63, 3.8) is 0 Å². The molecule has 2 saturated heterocycles. The monoisotopic (exact) mass is 648 g/mol. The molecule has 2 aromatic carbocycles. The average Bonchev–Trinajstić information content (AvgIpc) is 3.57. The van der Waals surface area contributed by atoms with Gasteiger partial charge in [0.15, 0.2) is 5.13 Å². The molecule has 2 atom stereocenters. The molecule has 14 heteroatoms. The summed E-state index contributed by atoms with van der Waals surface area (Å²) in [6, 6.07) is 11.5. The predicted molar refractivity (Wildman–Crippen MR) is 176 cm³/mol. The molecule has 2 aliphatic heterocycles. The SMILES string of the molecule is C=CCN(C(=O)NCCCC)N1CC(=O)N2[C@@H](Cc3ccc(OC(=O)N(C)C)cc3)C(=O)N(Cc3cccc4sc(N)nc34)C[C@@H]21. The molecule has 244 valence electrons. The minimum Gasteiger partial charge on any atom is -0.410 e. The molecule has 3 heterocycles. The molecular formula is C32H40N8O5S. The van der Waals surface area contributed by atoms with Gasteiger partial charge in [-0.3, -0.25) is 14.6 Å². The standard InChI is InChI=1S/C32H40N8O5S/c1-5-7-15-34-31(43)38(16-6-2)39-20-27(41)40-24(17-21-11-13-23(14-12-21)45-32(44)36(3)4)29(42)37(19-26(39)40)18-22-9-8-10-25-28(22)35-30(33)46-25/h6,8-14,24,26H,2,5,7,15-20H2,1,3-4H3,(H2,33,35)(H,34,43)/t24-,26+/m0/s1. The van der Waals surface area contributed by atoms with E-state index >= 15 is 0 Å². The fraction of sp³-hybridized carbons (Fsp3) is 0.406. The number of amides is 5. The van der Waals surface area contributed by atoms with Crippen molar-refractivity contribution >= 4 is 50.6 Å². The van der Waals surface area contributed by atoms with Gasteiger partial charge in [-0.1, -0.05) is 55.0 Å². The van der Waals surface area contributed by atoms with Gasteiger partial charge in [-0.2, -0.15) is 5.01 Å². The van der Waals surface area contributed by atoms with Gasteiger partial charge in [0.05, 0.1) is 29.9 Å². The van der Waals surface area contributed by atoms with Gasteiger partial charge in [-0.25, -0.2) is 14.6 Å². The fourth-order valence-electron chi connectivity index (χ4n) is 5.75. The largest absolute Gasteiger partial charge is 0.414 e. The van der Waals surface area contributed by atoms with Crippen LogP contribution in [0.2, 0.25) is 0 Å². The number of urea groups is 1. The van der Waals surface area contributed by atoms with Gasteiger partial charge in [0.25, 0.3) is 0 Å². The molecule has 5 rings (SSSR count). The Morgan fingerprint density at radius 1 is 1.20 bits per heavy atom. The number of nitrogens with two attached hydrogens (primary N) is 1. The summed E-state index contributed by atoms with van der Waals surface area (Å²) >= 11 is 1.38. The zero-order chi connectivity index (χ0) is 33.0. The third kappa shape index (κ3) is 6.92. The number of hydrogen-bond acceptors (Lipinski definition) is 9. The van der Waals surface area contributed by atoms with Crippen LogP contribution in [0.15, 0.2) is 55.1 Å². The molecular weight excluding hydrogens is 608 g/mol. The molecule has 0 spiro atoms. The Labute approximate surface area is 272 Å². The maximum absolute atomic E-state index is 14.2. The molecule has 1 aromatic heterocycles. The molecule has 0 unspecified atom stereocenters. The second kappa shape index (κ2) is 14.2. The Hall–Kier alpha value is -4.69. The van der Waals surface area contributed by atoms with Crippen molar-refractivity contribution in [1.82, 2.24) is 35.0 Å². The number of nitrogen functional groups attached to an aromatic ring is 1. The molecule has 46 heavy (non-hydrogen) atoms. The van der Waals surface area contributed by atoms with Crippen LogP contribution in [0.1, 0.15) is 30.9 Å². The number of hydrazine groups is 1. The van der Waals surface area contributed by atoms with Crippen LogP contribution in [0.5, 0.6) is 5.75 Å². The first-order valence-electron chi connectivity index (χ1n) is 15.3. The Morgan fingerprint density at radius 3 is 2.65 bits per heavy atom. The number of fused-ring (bicyclic) bond motifs is 2. The van der Waals surface area contributed by atoms with E-state index in [1.165, 1.54) is 21.2 Å². The van der Waals surface area contributed by atoms with E-state index in [1.54, 1.807) is 59.2 Å². The first kappa shape index (κ1) is 32.7. The fourth-order valence-corrected chi connectivity index (χ4v) is 6.53. The lowest BCUT2D eigenvalue weighted by molar-refractivity contribution is -0.157. The molecule has 13 nitrogen and oxygen atoms in total. The molecule has 2 fully saturated rings. The maximum Gasteiger partial charge on any atom is 0.414 e. The number of nitrogens with zero attached hydrogens (tertiary/aromatic N) is 6. The predicted octanol–water partition coefficient (Wildman–Crippen LogP) is 3.28. The molecule has 3 N–H and O–H groups in total. The summed E-state index contributed by atoms with van der Waals surface area (Å²) in [4.78, 5) is 62.4. The summed E-state index contributed by atoms with van der Waals surface area (Å²) in [6.45, 7) is 6.96. The van der Waals surface area contributed by atoms with E-state index in [2.05, 4.69) is 16.9 Å². The van der Waals surface area contributed by atoms with Crippen LogP contribution in [0.3, 0.4) is 0 Å². The number of hydrogen-bond donors (Lipinski definition) is 2. The number of unbranched alkanes of at least 4 members (excludes halogenated alkanes) is 1. The van der Waals surface area contributed by atoms with Crippen molar-refractivity contribution in [3.05, 3.63) is 66.2 Å². The van der Waals surface area contributed by atoms with Crippen LogP contribution in [-0.4, -0.2) is 106 Å². The van der Waals surface area contributed by atoms with Crippen LogP contribution >= 0.6 is 11.3 Å². The van der Waals surface area contributed by atoms with E-state index in [4.69, 9.17) is 10.5 Å². The summed E-state index contributed by atoms with van der Waals surface area (Å²) in [5, 5.41) is 6.63. The minimum absolute atomic E-state index is 0.0606. The zero-order valence-electron chi connectivity index (χ0n) is 26.3. The van der Waals surface area contributed by atoms with E-state index < -0.39 is 18.3 Å². The van der Waals surface area contributed by atoms with E-state index in [0.717, 1.165) is 34.2 Å². The summed E-state index contributed by atoms with van der Waals surface area (Å²) < 4.78 is 6.27. The second-order valence-corrected chi connectivity index (χ2v) is 12.6. The minimum atomic E-state index is -0.833. The van der Waals surface area contributed by atoms with Crippen LogP contribution in [0.4, 0.5) is 14.7 Å². The Kier molecular flexibility index (Phi) is 10.1. The number of nitrogens with one attached hydrogen (secondary N) is 1. The highest BCUT2D eigenvalue weighted by Gasteiger charge is 2.52. The molecule has 5 amide bonds. The molecule has 2 aliphatic rings. The average molecular weight is 649 g/mol. The van der Waals surface area contributed by atoms with E-state index in [-0.39, 0.29) is 50.4 Å². The van der Waals surface area contributed by atoms with Crippen molar-refractivity contribution in [3.8, 4) is 5.75 Å². The smallest absolute Gasteiger partial charge is 0.410 e. The molecule has 0 aliphatic carbocycles. The van der Waals surface area contributed by atoms with E-state index in [0.29, 0.717) is 17.4 Å². The third-order valence-corrected chi connectivity index (χ3v) is 8.87. The highest BCUT2D eigenvalue weighted by atomic mass is 32.1. The van der Waals surface area contributed by atoms with Gasteiger partial charge in [-0.05, 0) is 35.7 Å². The van der Waals surface area contributed by atoms with Gasteiger partial charge in [0, 0.05) is 33.6 Å². The van der Waals surface area contributed by atoms with Crippen molar-refractivity contribution in [1.29, 1.82) is 0 Å². The molecule has 0 radical (unpaired) electrons. The normalized spacial score (nSPS) is 18.1. The van der Waals surface area contributed by atoms with Crippen LogP contribution in [-0.2, 0) is 22.6 Å². The molecule has 0 saturated carbocycles. The number of carbonyl (C=O) groups excluding carboxylic acids is 4. The number of piperazine rings is 1. The van der Waals surface area contributed by atoms with Gasteiger partial charge in [0.2, 0.25) is 11.8 Å². The summed E-state index contributed by atoms with van der Waals surface area (Å²) in [5.41, 5.74) is 8.37. The number of benzene rings is 2. The van der Waals surface area contributed by atoms with Gasteiger partial charge < -0.3 is 30.5 Å². The summed E-state index contributed by atoms with van der Waals surface area (Å²) in [5.74, 6) is -0.0908.